The molecule has 1 aliphatic carbocycles. The normalized spacial score (nSPS) is 25.1. The number of carbonyl (C=O) groups is 2. The summed E-state index contributed by atoms with van der Waals surface area (Å²) < 4.78 is 10.8. The maximum absolute atomic E-state index is 13.6. The highest BCUT2D eigenvalue weighted by Gasteiger charge is 2.53. The Morgan fingerprint density at radius 2 is 1.71 bits per heavy atom. The van der Waals surface area contributed by atoms with E-state index in [1.165, 1.54) is 0 Å². The fraction of sp³-hybridized carbons (Fsp3) is 0.429. The molecular formula is C28H33Cl2NO4. The average molecular weight is 518 g/mol. The summed E-state index contributed by atoms with van der Waals surface area (Å²) in [6.07, 6.45) is 3.75. The molecule has 0 radical (unpaired) electrons. The van der Waals surface area contributed by atoms with Crippen molar-refractivity contribution in [3.63, 3.8) is 0 Å². The Kier molecular flexibility index (Phi) is 8.05. The monoisotopic (exact) mass is 517 g/mol. The highest BCUT2D eigenvalue weighted by molar-refractivity contribution is 6.36. The molecule has 2 aromatic carbocycles. The second kappa shape index (κ2) is 10.3. The first-order valence-electron chi connectivity index (χ1n) is 11.6. The van der Waals surface area contributed by atoms with Crippen LogP contribution in [0.4, 0.5) is 0 Å². The first kappa shape index (κ1) is 27.3. The summed E-state index contributed by atoms with van der Waals surface area (Å²) >= 11 is 12.9. The molecule has 0 bridgehead atoms. The molecule has 0 heterocycles. The Morgan fingerprint density at radius 1 is 1.09 bits per heavy atom. The van der Waals surface area contributed by atoms with Gasteiger partial charge in [0.25, 0.3) is 0 Å². The molecule has 7 heteroatoms. The summed E-state index contributed by atoms with van der Waals surface area (Å²) in [4.78, 5) is 26.5. The van der Waals surface area contributed by atoms with E-state index in [0.29, 0.717) is 15.8 Å². The summed E-state index contributed by atoms with van der Waals surface area (Å²) in [5.74, 6) is -1.74. The molecule has 188 valence electrons. The van der Waals surface area contributed by atoms with Crippen LogP contribution in [-0.4, -0.2) is 30.5 Å². The molecule has 0 unspecified atom stereocenters. The molecule has 5 nitrogen and oxygen atoms in total. The van der Waals surface area contributed by atoms with Crippen LogP contribution in [0.2, 0.25) is 10.0 Å². The Hall–Kier alpha value is -2.34. The van der Waals surface area contributed by atoms with Crippen LogP contribution in [-0.2, 0) is 14.3 Å². The molecule has 5 atom stereocenters. The number of benzene rings is 2. The smallest absolute Gasteiger partial charge is 0.376 e. The van der Waals surface area contributed by atoms with Gasteiger partial charge in [0, 0.05) is 22.0 Å². The van der Waals surface area contributed by atoms with Crippen LogP contribution >= 0.6 is 23.2 Å². The van der Waals surface area contributed by atoms with Crippen molar-refractivity contribution in [1.29, 1.82) is 0 Å². The summed E-state index contributed by atoms with van der Waals surface area (Å²) in [6, 6.07) is 12.6. The number of rotatable bonds is 6. The summed E-state index contributed by atoms with van der Waals surface area (Å²) in [7, 11) is 1.59. The molecule has 35 heavy (non-hydrogen) atoms. The number of hydrogen-bond acceptors (Lipinski definition) is 5. The third kappa shape index (κ3) is 5.74. The van der Waals surface area contributed by atoms with E-state index in [9.17, 15) is 9.59 Å². The van der Waals surface area contributed by atoms with Crippen molar-refractivity contribution >= 4 is 35.0 Å². The Labute approximate surface area is 217 Å². The van der Waals surface area contributed by atoms with Crippen LogP contribution in [0.15, 0.2) is 54.6 Å². The number of nitrogens with two attached hydrogens (primary N) is 1. The maximum Gasteiger partial charge on any atom is 0.376 e. The van der Waals surface area contributed by atoms with Gasteiger partial charge in [0.1, 0.15) is 11.4 Å². The average Bonchev–Trinajstić information content (AvgIpc) is 2.77. The minimum Gasteiger partial charge on any atom is -0.497 e. The highest BCUT2D eigenvalue weighted by Crippen LogP contribution is 2.54. The Bertz CT molecular complexity index is 1120. The van der Waals surface area contributed by atoms with Gasteiger partial charge in [-0.1, -0.05) is 53.6 Å². The number of hydrogen-bond donors (Lipinski definition) is 1. The molecule has 0 saturated heterocycles. The van der Waals surface area contributed by atoms with Crippen molar-refractivity contribution in [2.24, 2.45) is 17.1 Å². The number of ketones is 1. The lowest BCUT2D eigenvalue weighted by atomic mass is 9.56. The maximum atomic E-state index is 13.6. The van der Waals surface area contributed by atoms with Gasteiger partial charge in [0.2, 0.25) is 5.78 Å². The zero-order chi connectivity index (χ0) is 26.1. The molecule has 2 N–H and O–H groups in total. The number of methoxy groups -OCH3 is 1. The van der Waals surface area contributed by atoms with Gasteiger partial charge >= 0.3 is 5.97 Å². The lowest BCUT2D eigenvalue weighted by Gasteiger charge is -2.47. The van der Waals surface area contributed by atoms with Crippen LogP contribution in [0.3, 0.4) is 0 Å². The van der Waals surface area contributed by atoms with Crippen molar-refractivity contribution in [2.75, 3.05) is 7.11 Å². The lowest BCUT2D eigenvalue weighted by Crippen LogP contribution is -2.52. The number of esters is 1. The predicted molar refractivity (Wildman–Crippen MR) is 140 cm³/mol. The van der Waals surface area contributed by atoms with Crippen LogP contribution in [0, 0.1) is 11.3 Å². The first-order valence-corrected chi connectivity index (χ1v) is 12.4. The van der Waals surface area contributed by atoms with Gasteiger partial charge in [-0.25, -0.2) is 4.79 Å². The quantitative estimate of drug-likeness (QED) is 0.275. The fourth-order valence-electron chi connectivity index (χ4n) is 5.08. The zero-order valence-electron chi connectivity index (χ0n) is 21.0. The van der Waals surface area contributed by atoms with E-state index < -0.39 is 34.7 Å². The van der Waals surface area contributed by atoms with E-state index in [1.54, 1.807) is 46.9 Å². The highest BCUT2D eigenvalue weighted by atomic mass is 35.5. The van der Waals surface area contributed by atoms with E-state index in [4.69, 9.17) is 38.4 Å². The van der Waals surface area contributed by atoms with Crippen molar-refractivity contribution < 1.29 is 19.1 Å². The summed E-state index contributed by atoms with van der Waals surface area (Å²) in [6.45, 7) is 8.83. The number of halogens is 2. The van der Waals surface area contributed by atoms with Crippen molar-refractivity contribution in [3.05, 3.63) is 75.8 Å². The Balaban J connectivity index is 2.20. The van der Waals surface area contributed by atoms with Crippen molar-refractivity contribution in [1.82, 2.24) is 0 Å². The molecule has 1 aliphatic rings. The third-order valence-electron chi connectivity index (χ3n) is 6.58. The van der Waals surface area contributed by atoms with E-state index in [2.05, 4.69) is 0 Å². The van der Waals surface area contributed by atoms with Gasteiger partial charge < -0.3 is 15.2 Å². The van der Waals surface area contributed by atoms with Crippen molar-refractivity contribution in [2.45, 2.75) is 58.1 Å². The molecule has 2 aromatic rings. The van der Waals surface area contributed by atoms with E-state index in [-0.39, 0.29) is 11.8 Å². The molecule has 0 spiro atoms. The number of carbonyl (C=O) groups excluding carboxylic acids is 2. The van der Waals surface area contributed by atoms with Crippen LogP contribution in [0.1, 0.15) is 57.6 Å². The molecule has 3 rings (SSSR count). The minimum absolute atomic E-state index is 0.204. The van der Waals surface area contributed by atoms with Gasteiger partial charge in [0.15, 0.2) is 0 Å². The van der Waals surface area contributed by atoms with Gasteiger partial charge in [0.05, 0.1) is 12.5 Å². The first-order chi connectivity index (χ1) is 16.3. The summed E-state index contributed by atoms with van der Waals surface area (Å²) in [5.41, 5.74) is 6.42. The van der Waals surface area contributed by atoms with Crippen LogP contribution in [0.25, 0.3) is 0 Å². The molecule has 0 saturated carbocycles. The molecule has 0 amide bonds. The molecule has 0 fully saturated rings. The number of allylic oxidation sites excluding steroid dienone is 2. The number of Topliss-reactive ketones (excluding diaryl/α,β-unsaturated/α-hetero) is 1. The van der Waals surface area contributed by atoms with Gasteiger partial charge in [-0.2, -0.15) is 0 Å². The largest absolute Gasteiger partial charge is 0.497 e. The van der Waals surface area contributed by atoms with E-state index in [0.717, 1.165) is 11.1 Å². The third-order valence-corrected chi connectivity index (χ3v) is 7.16. The minimum atomic E-state index is -1.18. The fourth-order valence-corrected chi connectivity index (χ4v) is 5.50. The van der Waals surface area contributed by atoms with Gasteiger partial charge in [-0.3, -0.25) is 4.79 Å². The SMILES string of the molecule is COc1ccc([C@@H]2C=C[C@@](C)(C(=O)C(=O)OC(C)(C)C)[C@@H]([C@@H](C)N)[C@H]2c2ccc(Cl)cc2)c(Cl)c1. The predicted octanol–water partition coefficient (Wildman–Crippen LogP) is 6.32. The van der Waals surface area contributed by atoms with E-state index in [1.807, 2.05) is 49.4 Å². The van der Waals surface area contributed by atoms with Gasteiger partial charge in [-0.05, 0) is 81.8 Å². The second-order valence-corrected chi connectivity index (χ2v) is 11.2. The van der Waals surface area contributed by atoms with Crippen molar-refractivity contribution in [3.8, 4) is 5.75 Å². The standard InChI is InChI=1S/C28H33Cl2NO4/c1-16(31)24-23(17-7-9-18(29)10-8-17)21(20-12-11-19(34-6)15-22(20)30)13-14-28(24,5)25(32)26(33)35-27(2,3)4/h7-16,21,23-24H,31H2,1-6H3/t16-,21+,23+,24+,28-/m1/s1. The number of ether oxygens (including phenoxy) is 2. The van der Waals surface area contributed by atoms with Crippen LogP contribution < -0.4 is 10.5 Å². The molecule has 0 aliphatic heterocycles. The lowest BCUT2D eigenvalue weighted by molar-refractivity contribution is -0.166. The van der Waals surface area contributed by atoms with Crippen LogP contribution in [0.5, 0.6) is 5.75 Å². The summed E-state index contributed by atoms with van der Waals surface area (Å²) in [5, 5.41) is 1.15. The van der Waals surface area contributed by atoms with Gasteiger partial charge in [-0.15, -0.1) is 0 Å². The molecular weight excluding hydrogens is 485 g/mol. The second-order valence-electron chi connectivity index (χ2n) is 10.3. The van der Waals surface area contributed by atoms with E-state index >= 15 is 0 Å². The Morgan fingerprint density at radius 3 is 2.23 bits per heavy atom. The topological polar surface area (TPSA) is 78.6 Å². The zero-order valence-corrected chi connectivity index (χ0v) is 22.5. The molecule has 0 aromatic heterocycles.